The van der Waals surface area contributed by atoms with Crippen molar-refractivity contribution in [2.24, 2.45) is 0 Å². The standard InChI is InChI=1S/C12H20N6O2/c1-2-12(20)17-6-4-3-5-10(7-17)14-11(19)8-18-9-13-15-16-18/h9-10H,2-8H2,1H3,(H,14,19)/t10-/m1/s1. The molecule has 1 atom stereocenters. The van der Waals surface area contributed by atoms with Gasteiger partial charge in [0.25, 0.3) is 0 Å². The summed E-state index contributed by atoms with van der Waals surface area (Å²) in [5.41, 5.74) is 0. The number of amides is 2. The number of rotatable bonds is 4. The summed E-state index contributed by atoms with van der Waals surface area (Å²) >= 11 is 0. The lowest BCUT2D eigenvalue weighted by Gasteiger charge is -2.24. The van der Waals surface area contributed by atoms with Crippen LogP contribution in [0.4, 0.5) is 0 Å². The molecule has 1 fully saturated rings. The molecule has 1 aromatic rings. The van der Waals surface area contributed by atoms with E-state index in [4.69, 9.17) is 0 Å². The van der Waals surface area contributed by atoms with Gasteiger partial charge in [-0.25, -0.2) is 4.68 Å². The fraction of sp³-hybridized carbons (Fsp3) is 0.750. The number of aromatic nitrogens is 4. The lowest BCUT2D eigenvalue weighted by molar-refractivity contribution is -0.131. The van der Waals surface area contributed by atoms with Crippen molar-refractivity contribution in [1.82, 2.24) is 30.4 Å². The van der Waals surface area contributed by atoms with E-state index < -0.39 is 0 Å². The number of likely N-dealkylation sites (tertiary alicyclic amines) is 1. The molecule has 2 rings (SSSR count). The second kappa shape index (κ2) is 6.97. The Hall–Kier alpha value is -1.99. The Labute approximate surface area is 117 Å². The summed E-state index contributed by atoms with van der Waals surface area (Å²) in [6, 6.07) is 0.0111. The summed E-state index contributed by atoms with van der Waals surface area (Å²) in [5, 5.41) is 13.6. The summed E-state index contributed by atoms with van der Waals surface area (Å²) in [4.78, 5) is 25.5. The molecule has 8 nitrogen and oxygen atoms in total. The Morgan fingerprint density at radius 1 is 1.40 bits per heavy atom. The highest BCUT2D eigenvalue weighted by Crippen LogP contribution is 2.11. The average molecular weight is 280 g/mol. The normalized spacial score (nSPS) is 19.4. The third-order valence-electron chi connectivity index (χ3n) is 3.39. The molecule has 1 N–H and O–H groups in total. The van der Waals surface area contributed by atoms with Crippen LogP contribution in [0, 0.1) is 0 Å². The summed E-state index contributed by atoms with van der Waals surface area (Å²) in [6.45, 7) is 3.34. The number of carbonyl (C=O) groups excluding carboxylic acids is 2. The molecule has 0 saturated carbocycles. The van der Waals surface area contributed by atoms with Crippen molar-refractivity contribution in [1.29, 1.82) is 0 Å². The van der Waals surface area contributed by atoms with Crippen LogP contribution >= 0.6 is 0 Å². The van der Waals surface area contributed by atoms with Gasteiger partial charge in [-0.1, -0.05) is 6.92 Å². The maximum atomic E-state index is 11.9. The first-order valence-electron chi connectivity index (χ1n) is 6.97. The van der Waals surface area contributed by atoms with Gasteiger partial charge < -0.3 is 10.2 Å². The lowest BCUT2D eigenvalue weighted by atomic mass is 10.1. The Kier molecular flexibility index (Phi) is 5.03. The van der Waals surface area contributed by atoms with Crippen LogP contribution < -0.4 is 5.32 Å². The first-order valence-corrected chi connectivity index (χ1v) is 6.97. The predicted molar refractivity (Wildman–Crippen MR) is 70.5 cm³/mol. The fourth-order valence-corrected chi connectivity index (χ4v) is 2.38. The summed E-state index contributed by atoms with van der Waals surface area (Å²) in [6.07, 6.45) is 4.81. The predicted octanol–water partition coefficient (Wildman–Crippen LogP) is -0.420. The third kappa shape index (κ3) is 4.01. The average Bonchev–Trinajstić information content (AvgIpc) is 2.82. The van der Waals surface area contributed by atoms with E-state index in [9.17, 15) is 9.59 Å². The summed E-state index contributed by atoms with van der Waals surface area (Å²) in [5.74, 6) is 0.0136. The fourth-order valence-electron chi connectivity index (χ4n) is 2.38. The van der Waals surface area contributed by atoms with Crippen molar-refractivity contribution >= 4 is 11.8 Å². The number of nitrogens with zero attached hydrogens (tertiary/aromatic N) is 5. The molecule has 2 amide bonds. The van der Waals surface area contributed by atoms with Crippen molar-refractivity contribution in [2.75, 3.05) is 13.1 Å². The highest BCUT2D eigenvalue weighted by molar-refractivity contribution is 5.77. The van der Waals surface area contributed by atoms with E-state index in [-0.39, 0.29) is 24.4 Å². The molecular weight excluding hydrogens is 260 g/mol. The number of nitrogens with one attached hydrogen (secondary N) is 1. The maximum absolute atomic E-state index is 11.9. The molecule has 2 heterocycles. The Morgan fingerprint density at radius 2 is 2.25 bits per heavy atom. The molecule has 0 radical (unpaired) electrons. The molecule has 0 spiro atoms. The van der Waals surface area contributed by atoms with Gasteiger partial charge in [-0.15, -0.1) is 5.10 Å². The second-order valence-corrected chi connectivity index (χ2v) is 4.96. The van der Waals surface area contributed by atoms with Gasteiger partial charge in [0.2, 0.25) is 11.8 Å². The van der Waals surface area contributed by atoms with E-state index in [1.54, 1.807) is 0 Å². The zero-order valence-electron chi connectivity index (χ0n) is 11.7. The van der Waals surface area contributed by atoms with Crippen LogP contribution in [0.25, 0.3) is 0 Å². The largest absolute Gasteiger partial charge is 0.350 e. The van der Waals surface area contributed by atoms with Crippen molar-refractivity contribution < 1.29 is 9.59 Å². The number of hydrogen-bond donors (Lipinski definition) is 1. The van der Waals surface area contributed by atoms with E-state index in [0.717, 1.165) is 25.8 Å². The summed E-state index contributed by atoms with van der Waals surface area (Å²) < 4.78 is 1.38. The van der Waals surface area contributed by atoms with E-state index in [1.807, 2.05) is 11.8 Å². The van der Waals surface area contributed by atoms with Crippen LogP contribution in [-0.4, -0.2) is 56.1 Å². The molecule has 0 aromatic carbocycles. The maximum Gasteiger partial charge on any atom is 0.242 e. The Bertz CT molecular complexity index is 447. The van der Waals surface area contributed by atoms with Gasteiger partial charge in [-0.2, -0.15) is 0 Å². The first-order chi connectivity index (χ1) is 9.69. The van der Waals surface area contributed by atoms with E-state index >= 15 is 0 Å². The monoisotopic (exact) mass is 280 g/mol. The van der Waals surface area contributed by atoms with Crippen molar-refractivity contribution in [3.63, 3.8) is 0 Å². The zero-order chi connectivity index (χ0) is 14.4. The molecule has 1 aromatic heterocycles. The highest BCUT2D eigenvalue weighted by Gasteiger charge is 2.22. The molecule has 1 aliphatic heterocycles. The first kappa shape index (κ1) is 14.4. The molecule has 0 bridgehead atoms. The second-order valence-electron chi connectivity index (χ2n) is 4.96. The van der Waals surface area contributed by atoms with Gasteiger partial charge in [-0.3, -0.25) is 9.59 Å². The van der Waals surface area contributed by atoms with E-state index in [1.165, 1.54) is 11.0 Å². The van der Waals surface area contributed by atoms with Gasteiger partial charge >= 0.3 is 0 Å². The minimum absolute atomic E-state index is 0.0111. The van der Waals surface area contributed by atoms with E-state index in [0.29, 0.717) is 13.0 Å². The quantitative estimate of drug-likeness (QED) is 0.808. The Morgan fingerprint density at radius 3 is 2.95 bits per heavy atom. The summed E-state index contributed by atoms with van der Waals surface area (Å²) in [7, 11) is 0. The van der Waals surface area contributed by atoms with Gasteiger partial charge in [0.05, 0.1) is 0 Å². The van der Waals surface area contributed by atoms with Gasteiger partial charge in [0, 0.05) is 25.6 Å². The third-order valence-corrected chi connectivity index (χ3v) is 3.39. The van der Waals surface area contributed by atoms with Gasteiger partial charge in [-0.05, 0) is 29.7 Å². The SMILES string of the molecule is CCC(=O)N1CCCC[C@@H](NC(=O)Cn2cnnn2)C1. The zero-order valence-corrected chi connectivity index (χ0v) is 11.7. The van der Waals surface area contributed by atoms with Crippen molar-refractivity contribution in [2.45, 2.75) is 45.2 Å². The van der Waals surface area contributed by atoms with Gasteiger partial charge in [0.15, 0.2) is 0 Å². The molecular formula is C12H20N6O2. The molecule has 1 saturated heterocycles. The number of tetrazole rings is 1. The lowest BCUT2D eigenvalue weighted by Crippen LogP contribution is -2.45. The molecule has 0 aliphatic carbocycles. The highest BCUT2D eigenvalue weighted by atomic mass is 16.2. The van der Waals surface area contributed by atoms with Crippen LogP contribution in [0.1, 0.15) is 32.6 Å². The smallest absolute Gasteiger partial charge is 0.242 e. The van der Waals surface area contributed by atoms with Crippen LogP contribution in [0.2, 0.25) is 0 Å². The van der Waals surface area contributed by atoms with Crippen LogP contribution in [0.5, 0.6) is 0 Å². The molecule has 1 aliphatic rings. The molecule has 8 heteroatoms. The molecule has 110 valence electrons. The van der Waals surface area contributed by atoms with Gasteiger partial charge in [0.1, 0.15) is 12.9 Å². The van der Waals surface area contributed by atoms with Crippen LogP contribution in [0.3, 0.4) is 0 Å². The number of hydrogen-bond acceptors (Lipinski definition) is 5. The molecule has 0 unspecified atom stereocenters. The minimum atomic E-state index is -0.131. The van der Waals surface area contributed by atoms with Crippen LogP contribution in [0.15, 0.2) is 6.33 Å². The molecule has 20 heavy (non-hydrogen) atoms. The van der Waals surface area contributed by atoms with E-state index in [2.05, 4.69) is 20.8 Å². The minimum Gasteiger partial charge on any atom is -0.350 e. The Balaban J connectivity index is 1.87. The number of carbonyl (C=O) groups is 2. The van der Waals surface area contributed by atoms with Crippen LogP contribution in [-0.2, 0) is 16.1 Å². The van der Waals surface area contributed by atoms with Crippen molar-refractivity contribution in [3.8, 4) is 0 Å². The topological polar surface area (TPSA) is 93.0 Å². The van der Waals surface area contributed by atoms with Crippen molar-refractivity contribution in [3.05, 3.63) is 6.33 Å².